The van der Waals surface area contributed by atoms with Gasteiger partial charge in [0.1, 0.15) is 11.9 Å². The van der Waals surface area contributed by atoms with E-state index >= 15 is 0 Å². The summed E-state index contributed by atoms with van der Waals surface area (Å²) >= 11 is 6.58. The largest absolute Gasteiger partial charge is 0.492 e. The summed E-state index contributed by atoms with van der Waals surface area (Å²) < 4.78 is 55.8. The van der Waals surface area contributed by atoms with Crippen LogP contribution in [-0.2, 0) is 11.3 Å². The molecule has 0 spiro atoms. The highest BCUT2D eigenvalue weighted by Crippen LogP contribution is 2.36. The molecule has 1 fully saturated rings. The van der Waals surface area contributed by atoms with Gasteiger partial charge in [0.15, 0.2) is 6.61 Å². The second-order valence-electron chi connectivity index (χ2n) is 15.2. The standard InChI is InChI=1S/C38H49ClF3N7O5/c1-23(2)28-13-7-24(3)17-31(28)54-36(51)49-15-6-16-52-30-14-8-25(18-29(30)39)19-43-33-46-34(48-35(47-33)53-22-38(40,41)42)45-27-11-9-26(10-12-27)32(50)44-20-37(4,5)21-49/h8-12,14,18,23-24,28,31H,6-7,13,15-17,19-22H2,1-5H3,(H,44,50)(H2,43,45,46,47,48). The molecule has 5 heterocycles. The molecule has 0 radical (unpaired) electrons. The van der Waals surface area contributed by atoms with Crippen molar-refractivity contribution in [2.45, 2.75) is 79.1 Å². The lowest BCUT2D eigenvalue weighted by molar-refractivity contribution is -0.154. The van der Waals surface area contributed by atoms with Crippen molar-refractivity contribution in [3.63, 3.8) is 0 Å². The maximum atomic E-state index is 13.9. The first kappa shape index (κ1) is 40.7. The Kier molecular flexibility index (Phi) is 13.4. The molecule has 2 amide bonds. The predicted molar refractivity (Wildman–Crippen MR) is 199 cm³/mol. The minimum absolute atomic E-state index is 0.0463. The van der Waals surface area contributed by atoms with Crippen molar-refractivity contribution < 1.29 is 37.0 Å². The van der Waals surface area contributed by atoms with E-state index in [-0.39, 0.29) is 49.7 Å². The van der Waals surface area contributed by atoms with Crippen molar-refractivity contribution in [2.75, 3.05) is 43.5 Å². The molecule has 3 aromatic rings. The molecule has 294 valence electrons. The van der Waals surface area contributed by atoms with E-state index in [4.69, 9.17) is 25.8 Å². The summed E-state index contributed by atoms with van der Waals surface area (Å²) in [4.78, 5) is 41.1. The van der Waals surface area contributed by atoms with Crippen LogP contribution in [0.3, 0.4) is 0 Å². The first-order valence-corrected chi connectivity index (χ1v) is 18.6. The number of ether oxygens (including phenoxy) is 3. The minimum Gasteiger partial charge on any atom is -0.492 e. The number of benzene rings is 2. The number of halogens is 4. The number of nitrogens with zero attached hydrogens (tertiary/aromatic N) is 4. The molecule has 16 heteroatoms. The Morgan fingerprint density at radius 2 is 1.81 bits per heavy atom. The topological polar surface area (TPSA) is 140 Å². The Hall–Kier alpha value is -4.53. The van der Waals surface area contributed by atoms with Crippen LogP contribution in [0.25, 0.3) is 0 Å². The molecule has 12 nitrogen and oxygen atoms in total. The maximum absolute atomic E-state index is 13.9. The number of nitrogens with one attached hydrogen (secondary N) is 3. The Labute approximate surface area is 318 Å². The van der Waals surface area contributed by atoms with Crippen LogP contribution in [0.1, 0.15) is 76.2 Å². The molecular formula is C38H49ClF3N7O5. The fourth-order valence-electron chi connectivity index (χ4n) is 6.61. The lowest BCUT2D eigenvalue weighted by Crippen LogP contribution is -2.47. The second-order valence-corrected chi connectivity index (χ2v) is 15.6. The van der Waals surface area contributed by atoms with E-state index in [2.05, 4.69) is 51.7 Å². The third-order valence-electron chi connectivity index (χ3n) is 9.48. The number of rotatable bonds is 4. The zero-order valence-corrected chi connectivity index (χ0v) is 32.0. The van der Waals surface area contributed by atoms with Crippen LogP contribution in [0.4, 0.5) is 35.5 Å². The molecule has 3 atom stereocenters. The second kappa shape index (κ2) is 17.7. The molecule has 54 heavy (non-hydrogen) atoms. The summed E-state index contributed by atoms with van der Waals surface area (Å²) in [7, 11) is 0. The van der Waals surface area contributed by atoms with Crippen molar-refractivity contribution in [2.24, 2.45) is 23.2 Å². The SMILES string of the molecule is CC1CCC(C(C)C)C(OC(=O)N2CCCOc3ccc(cc3Cl)CNc3nc(nc(OCC(F)(F)F)n3)Nc3ccc(cc3)C(=O)NCC(C)(C)C2)C1. The van der Waals surface area contributed by atoms with Gasteiger partial charge in [-0.2, -0.15) is 28.1 Å². The molecule has 8 rings (SSSR count). The van der Waals surface area contributed by atoms with E-state index in [1.54, 1.807) is 47.4 Å². The number of alkyl halides is 3. The summed E-state index contributed by atoms with van der Waals surface area (Å²) in [5.74, 6) is 1.15. The van der Waals surface area contributed by atoms with Crippen LogP contribution < -0.4 is 25.4 Å². The normalized spacial score (nSPS) is 21.3. The Balaban J connectivity index is 1.37. The molecule has 5 aliphatic rings. The Morgan fingerprint density at radius 1 is 1.07 bits per heavy atom. The van der Waals surface area contributed by atoms with Crippen molar-refractivity contribution in [1.82, 2.24) is 25.2 Å². The minimum atomic E-state index is -4.60. The lowest BCUT2D eigenvalue weighted by Gasteiger charge is -2.39. The third kappa shape index (κ3) is 12.0. The van der Waals surface area contributed by atoms with E-state index < -0.39 is 24.2 Å². The van der Waals surface area contributed by atoms with Crippen LogP contribution in [0, 0.1) is 23.2 Å². The van der Waals surface area contributed by atoms with Crippen LogP contribution >= 0.6 is 11.6 Å². The Morgan fingerprint density at radius 3 is 2.52 bits per heavy atom. The predicted octanol–water partition coefficient (Wildman–Crippen LogP) is 8.26. The third-order valence-corrected chi connectivity index (χ3v) is 9.77. The number of aromatic nitrogens is 3. The van der Waals surface area contributed by atoms with E-state index in [0.29, 0.717) is 59.3 Å². The zero-order valence-electron chi connectivity index (χ0n) is 31.3. The van der Waals surface area contributed by atoms with Crippen LogP contribution in [0.15, 0.2) is 42.5 Å². The van der Waals surface area contributed by atoms with Crippen LogP contribution in [0.2, 0.25) is 5.02 Å². The van der Waals surface area contributed by atoms with E-state index in [9.17, 15) is 22.8 Å². The molecule has 4 aliphatic heterocycles. The van der Waals surface area contributed by atoms with Gasteiger partial charge in [0, 0.05) is 37.4 Å². The fraction of sp³-hybridized carbons (Fsp3) is 0.553. The van der Waals surface area contributed by atoms with Gasteiger partial charge in [-0.05, 0) is 84.4 Å². The van der Waals surface area contributed by atoms with Gasteiger partial charge in [0.2, 0.25) is 11.9 Å². The van der Waals surface area contributed by atoms with E-state index in [1.807, 2.05) is 13.8 Å². The first-order chi connectivity index (χ1) is 25.5. The van der Waals surface area contributed by atoms with Gasteiger partial charge in [0.05, 0.1) is 11.6 Å². The van der Waals surface area contributed by atoms with Gasteiger partial charge >= 0.3 is 18.3 Å². The molecule has 6 bridgehead atoms. The van der Waals surface area contributed by atoms with Crippen molar-refractivity contribution >= 4 is 41.2 Å². The quantitative estimate of drug-likeness (QED) is 0.237. The number of carbonyl (C=O) groups excluding carboxylic acids is 2. The van der Waals surface area contributed by atoms with Gasteiger partial charge in [-0.1, -0.05) is 58.7 Å². The van der Waals surface area contributed by atoms with E-state index in [0.717, 1.165) is 24.8 Å². The molecular weight excluding hydrogens is 727 g/mol. The van der Waals surface area contributed by atoms with Crippen molar-refractivity contribution in [1.29, 1.82) is 0 Å². The Bertz CT molecular complexity index is 1750. The van der Waals surface area contributed by atoms with Gasteiger partial charge in [-0.25, -0.2) is 4.79 Å². The summed E-state index contributed by atoms with van der Waals surface area (Å²) in [6.07, 6.45) is -1.68. The average Bonchev–Trinajstić information content (AvgIpc) is 3.10. The molecule has 0 saturated heterocycles. The van der Waals surface area contributed by atoms with Crippen LogP contribution in [0.5, 0.6) is 11.8 Å². The molecule has 1 aliphatic carbocycles. The molecule has 3 N–H and O–H groups in total. The fourth-order valence-corrected chi connectivity index (χ4v) is 6.87. The number of hydrogen-bond donors (Lipinski definition) is 3. The molecule has 2 aromatic carbocycles. The van der Waals surface area contributed by atoms with Gasteiger partial charge < -0.3 is 35.1 Å². The monoisotopic (exact) mass is 775 g/mol. The number of anilines is 3. The van der Waals surface area contributed by atoms with Crippen molar-refractivity contribution in [3.05, 3.63) is 58.6 Å². The molecule has 1 aromatic heterocycles. The summed E-state index contributed by atoms with van der Waals surface area (Å²) in [6.45, 7) is 10.3. The zero-order chi connectivity index (χ0) is 39.0. The summed E-state index contributed by atoms with van der Waals surface area (Å²) in [6, 6.07) is 11.1. The van der Waals surface area contributed by atoms with Gasteiger partial charge in [-0.15, -0.1) is 0 Å². The molecule has 1 saturated carbocycles. The van der Waals surface area contributed by atoms with Gasteiger partial charge in [-0.3, -0.25) is 4.79 Å². The smallest absolute Gasteiger partial charge is 0.422 e. The van der Waals surface area contributed by atoms with Crippen molar-refractivity contribution in [3.8, 4) is 11.8 Å². The summed E-state index contributed by atoms with van der Waals surface area (Å²) in [5, 5.41) is 9.23. The van der Waals surface area contributed by atoms with E-state index in [1.165, 1.54) is 0 Å². The number of hydrogen-bond acceptors (Lipinski definition) is 10. The lowest BCUT2D eigenvalue weighted by atomic mass is 9.75. The molecule has 3 unspecified atom stereocenters. The van der Waals surface area contributed by atoms with Gasteiger partial charge in [0.25, 0.3) is 5.91 Å². The maximum Gasteiger partial charge on any atom is 0.422 e. The highest BCUT2D eigenvalue weighted by atomic mass is 35.5. The van der Waals surface area contributed by atoms with Crippen LogP contribution in [-0.4, -0.2) is 77.0 Å². The highest BCUT2D eigenvalue weighted by Gasteiger charge is 2.36. The summed E-state index contributed by atoms with van der Waals surface area (Å²) in [5.41, 5.74) is 1.03. The number of carbonyl (C=O) groups is 2. The first-order valence-electron chi connectivity index (χ1n) is 18.2. The number of amides is 2. The highest BCUT2D eigenvalue weighted by molar-refractivity contribution is 6.32. The average molecular weight is 776 g/mol.